The van der Waals surface area contributed by atoms with Gasteiger partial charge >= 0.3 is 0 Å². The Balaban J connectivity index is 1.65. The first kappa shape index (κ1) is 16.5. The lowest BCUT2D eigenvalue weighted by Gasteiger charge is -2.41. The van der Waals surface area contributed by atoms with Crippen molar-refractivity contribution in [1.29, 1.82) is 5.26 Å². The van der Waals surface area contributed by atoms with Gasteiger partial charge in [-0.05, 0) is 35.7 Å². The third-order valence-corrected chi connectivity index (χ3v) is 6.76. The van der Waals surface area contributed by atoms with Crippen LogP contribution in [0.15, 0.2) is 52.4 Å². The number of anilines is 1. The van der Waals surface area contributed by atoms with Crippen molar-refractivity contribution in [2.24, 2.45) is 0 Å². The molecule has 0 bridgehead atoms. The van der Waals surface area contributed by atoms with Gasteiger partial charge in [-0.2, -0.15) is 5.26 Å². The van der Waals surface area contributed by atoms with E-state index in [2.05, 4.69) is 11.0 Å². The molecule has 25 heavy (non-hydrogen) atoms. The van der Waals surface area contributed by atoms with E-state index in [1.807, 2.05) is 41.8 Å². The van der Waals surface area contributed by atoms with Gasteiger partial charge in [0.25, 0.3) is 0 Å². The van der Waals surface area contributed by atoms with Gasteiger partial charge in [0, 0.05) is 27.9 Å². The second-order valence-corrected chi connectivity index (χ2v) is 8.20. The Labute approximate surface area is 159 Å². The number of hydrogen-bond acceptors (Lipinski definition) is 5. The number of thiophene rings is 1. The first-order chi connectivity index (χ1) is 12.2. The van der Waals surface area contributed by atoms with E-state index < -0.39 is 0 Å². The number of carbonyl (C=O) groups is 1. The van der Waals surface area contributed by atoms with Gasteiger partial charge in [0.2, 0.25) is 5.91 Å². The molecule has 0 spiro atoms. The molecule has 1 amide bonds. The van der Waals surface area contributed by atoms with E-state index in [1.165, 1.54) is 0 Å². The Morgan fingerprint density at radius 3 is 2.72 bits per heavy atom. The number of allylic oxidation sites excluding steroid dienone is 1. The minimum absolute atomic E-state index is 0.0681. The van der Waals surface area contributed by atoms with Crippen LogP contribution in [-0.4, -0.2) is 23.4 Å². The summed E-state index contributed by atoms with van der Waals surface area (Å²) in [6, 6.07) is 13.9. The van der Waals surface area contributed by atoms with Gasteiger partial charge in [-0.15, -0.1) is 11.3 Å². The van der Waals surface area contributed by atoms with Gasteiger partial charge in [-0.25, -0.2) is 0 Å². The summed E-state index contributed by atoms with van der Waals surface area (Å²) in [5.74, 6) is 0.653. The molecular weight excluding hydrogens is 374 g/mol. The van der Waals surface area contributed by atoms with E-state index in [0.717, 1.165) is 15.6 Å². The zero-order valence-electron chi connectivity index (χ0n) is 13.2. The van der Waals surface area contributed by atoms with Crippen LogP contribution < -0.4 is 4.90 Å². The average Bonchev–Trinajstić information content (AvgIpc) is 3.16. The number of thioether (sulfide) groups is 1. The van der Waals surface area contributed by atoms with E-state index in [4.69, 9.17) is 11.6 Å². The van der Waals surface area contributed by atoms with Crippen LogP contribution in [0.25, 0.3) is 0 Å². The lowest BCUT2D eigenvalue weighted by atomic mass is 9.92. The van der Waals surface area contributed by atoms with Gasteiger partial charge in [0.1, 0.15) is 0 Å². The van der Waals surface area contributed by atoms with Crippen LogP contribution in [0.3, 0.4) is 0 Å². The molecule has 0 radical (unpaired) electrons. The van der Waals surface area contributed by atoms with Crippen molar-refractivity contribution < 1.29 is 4.79 Å². The molecule has 0 N–H and O–H groups in total. The molecule has 0 aliphatic carbocycles. The summed E-state index contributed by atoms with van der Waals surface area (Å²) >= 11 is 9.11. The Morgan fingerprint density at radius 2 is 2.04 bits per heavy atom. The molecule has 2 aliphatic rings. The molecule has 4 rings (SSSR count). The predicted molar refractivity (Wildman–Crippen MR) is 102 cm³/mol. The predicted octanol–water partition coefficient (Wildman–Crippen LogP) is 4.62. The number of nitrogens with zero attached hydrogens (tertiary/aromatic N) is 3. The molecule has 1 aromatic carbocycles. The first-order valence-corrected chi connectivity index (χ1v) is 10.0. The highest BCUT2D eigenvalue weighted by Crippen LogP contribution is 2.44. The summed E-state index contributed by atoms with van der Waals surface area (Å²) in [5, 5.41) is 13.2. The topological polar surface area (TPSA) is 47.3 Å². The number of nitriles is 1. The second-order valence-electron chi connectivity index (χ2n) is 5.86. The molecule has 4 nitrogen and oxygen atoms in total. The smallest absolute Gasteiger partial charge is 0.229 e. The number of rotatable bonds is 2. The Kier molecular flexibility index (Phi) is 4.46. The highest BCUT2D eigenvalue weighted by molar-refractivity contribution is 8.03. The van der Waals surface area contributed by atoms with Crippen LogP contribution in [-0.2, 0) is 4.79 Å². The fourth-order valence-electron chi connectivity index (χ4n) is 3.11. The minimum Gasteiger partial charge on any atom is -0.344 e. The van der Waals surface area contributed by atoms with Gasteiger partial charge in [0.05, 0.1) is 29.2 Å². The van der Waals surface area contributed by atoms with Crippen molar-refractivity contribution in [3.8, 4) is 6.07 Å². The summed E-state index contributed by atoms with van der Waals surface area (Å²) in [6.07, 6.45) is 0.349. The van der Waals surface area contributed by atoms with Crippen LogP contribution in [0.1, 0.15) is 17.2 Å². The molecule has 3 heterocycles. The third-order valence-electron chi connectivity index (χ3n) is 4.37. The molecule has 7 heteroatoms. The Hall–Kier alpha value is -1.94. The lowest BCUT2D eigenvalue weighted by molar-refractivity contribution is -0.129. The van der Waals surface area contributed by atoms with Crippen LogP contribution in [0.4, 0.5) is 5.69 Å². The molecule has 0 unspecified atom stereocenters. The van der Waals surface area contributed by atoms with Gasteiger partial charge in [-0.1, -0.05) is 29.4 Å². The number of benzene rings is 1. The highest BCUT2D eigenvalue weighted by Gasteiger charge is 2.38. The molecule has 0 saturated carbocycles. The van der Waals surface area contributed by atoms with Crippen molar-refractivity contribution in [2.45, 2.75) is 12.3 Å². The maximum Gasteiger partial charge on any atom is 0.229 e. The first-order valence-electron chi connectivity index (χ1n) is 7.78. The zero-order chi connectivity index (χ0) is 17.4. The van der Waals surface area contributed by atoms with Crippen LogP contribution in [0.2, 0.25) is 5.02 Å². The number of halogens is 1. The highest BCUT2D eigenvalue weighted by atomic mass is 35.5. The number of carbonyl (C=O) groups excluding carboxylic acids is 1. The quantitative estimate of drug-likeness (QED) is 0.754. The summed E-state index contributed by atoms with van der Waals surface area (Å²) in [4.78, 5) is 17.7. The van der Waals surface area contributed by atoms with Gasteiger partial charge < -0.3 is 4.90 Å². The molecule has 2 aromatic rings. The summed E-state index contributed by atoms with van der Waals surface area (Å²) < 4.78 is 0. The van der Waals surface area contributed by atoms with E-state index >= 15 is 0 Å². The molecule has 1 atom stereocenters. The largest absolute Gasteiger partial charge is 0.344 e. The zero-order valence-corrected chi connectivity index (χ0v) is 15.6. The molecule has 1 fully saturated rings. The maximum absolute atomic E-state index is 12.8. The molecule has 2 aliphatic heterocycles. The van der Waals surface area contributed by atoms with Crippen molar-refractivity contribution in [2.75, 3.05) is 17.4 Å². The van der Waals surface area contributed by atoms with E-state index in [-0.39, 0.29) is 11.8 Å². The normalized spacial score (nSPS) is 20.5. The second kappa shape index (κ2) is 6.75. The van der Waals surface area contributed by atoms with E-state index in [0.29, 0.717) is 29.6 Å². The van der Waals surface area contributed by atoms with Crippen LogP contribution in [0.5, 0.6) is 0 Å². The van der Waals surface area contributed by atoms with Crippen molar-refractivity contribution in [1.82, 2.24) is 4.90 Å². The maximum atomic E-state index is 12.8. The lowest BCUT2D eigenvalue weighted by Crippen LogP contribution is -2.47. The number of fused-ring (bicyclic) bond motifs is 1. The summed E-state index contributed by atoms with van der Waals surface area (Å²) in [6.45, 7) is 0.463. The Bertz CT molecular complexity index is 871. The third kappa shape index (κ3) is 3.04. The van der Waals surface area contributed by atoms with Gasteiger partial charge in [0.15, 0.2) is 0 Å². The summed E-state index contributed by atoms with van der Waals surface area (Å²) in [7, 11) is 0. The van der Waals surface area contributed by atoms with Crippen molar-refractivity contribution in [3.63, 3.8) is 0 Å². The van der Waals surface area contributed by atoms with Crippen molar-refractivity contribution in [3.05, 3.63) is 62.3 Å². The average molecular weight is 388 g/mol. The van der Waals surface area contributed by atoms with E-state index in [1.54, 1.807) is 28.0 Å². The molecule has 126 valence electrons. The fraction of sp³-hybridized carbons (Fsp3) is 0.222. The number of hydrogen-bond donors (Lipinski definition) is 0. The monoisotopic (exact) mass is 387 g/mol. The SMILES string of the molecule is N#CC1=C2SCN(c3ccc(Cl)cc3)CN2C(=O)C[C@H]1c1cccs1. The van der Waals surface area contributed by atoms with Gasteiger partial charge in [-0.3, -0.25) is 9.69 Å². The minimum atomic E-state index is -0.113. The van der Waals surface area contributed by atoms with Crippen LogP contribution in [0, 0.1) is 11.3 Å². The Morgan fingerprint density at radius 1 is 1.24 bits per heavy atom. The molecule has 1 saturated heterocycles. The van der Waals surface area contributed by atoms with Crippen molar-refractivity contribution >= 4 is 46.3 Å². The summed E-state index contributed by atoms with van der Waals surface area (Å²) in [5.41, 5.74) is 1.73. The fourth-order valence-corrected chi connectivity index (χ4v) is 5.24. The number of amides is 1. The standard InChI is InChI=1S/C18H14ClN3OS2/c19-12-3-5-13(6-4-12)21-10-22-17(23)8-14(16-2-1-7-24-16)15(9-20)18(22)25-11-21/h1-7,14H,8,10-11H2/t14-/m1/s1. The molecular formula is C18H14ClN3OS2. The van der Waals surface area contributed by atoms with E-state index in [9.17, 15) is 10.1 Å². The van der Waals surface area contributed by atoms with Crippen LogP contribution >= 0.6 is 34.7 Å². The molecule has 1 aromatic heterocycles.